The van der Waals surface area contributed by atoms with Crippen LogP contribution in [0, 0.1) is 0 Å². The standard InChI is InChI=1S/C16H19N3O/c1-3-13-9-15(17-2)19-16(18-13)12-8-11-6-4-5-7-14(11)20-10-12/h4-7,9,12H,3,8,10H2,1-2H3,(H,17,18,19). The highest BCUT2D eigenvalue weighted by molar-refractivity contribution is 5.39. The lowest BCUT2D eigenvalue weighted by Crippen LogP contribution is -2.22. The second-order valence-electron chi connectivity index (χ2n) is 5.03. The first-order valence-electron chi connectivity index (χ1n) is 7.06. The van der Waals surface area contributed by atoms with E-state index in [-0.39, 0.29) is 5.92 Å². The maximum Gasteiger partial charge on any atom is 0.137 e. The van der Waals surface area contributed by atoms with E-state index >= 15 is 0 Å². The highest BCUT2D eigenvalue weighted by atomic mass is 16.5. The molecule has 2 aromatic rings. The largest absolute Gasteiger partial charge is 0.493 e. The van der Waals surface area contributed by atoms with Crippen LogP contribution in [-0.2, 0) is 12.8 Å². The maximum atomic E-state index is 5.84. The Hall–Kier alpha value is -2.10. The third kappa shape index (κ3) is 2.46. The van der Waals surface area contributed by atoms with Gasteiger partial charge in [0.2, 0.25) is 0 Å². The summed E-state index contributed by atoms with van der Waals surface area (Å²) in [7, 11) is 1.89. The van der Waals surface area contributed by atoms with E-state index in [1.165, 1.54) is 5.56 Å². The first-order valence-corrected chi connectivity index (χ1v) is 7.06. The van der Waals surface area contributed by atoms with E-state index in [4.69, 9.17) is 4.74 Å². The minimum atomic E-state index is 0.225. The minimum absolute atomic E-state index is 0.225. The summed E-state index contributed by atoms with van der Waals surface area (Å²) < 4.78 is 5.84. The van der Waals surface area contributed by atoms with E-state index in [0.717, 1.165) is 35.9 Å². The number of aryl methyl sites for hydroxylation is 1. The minimum Gasteiger partial charge on any atom is -0.493 e. The molecule has 1 aliphatic rings. The topological polar surface area (TPSA) is 47.0 Å². The SMILES string of the molecule is CCc1cc(NC)nc(C2COc3ccccc3C2)n1. The van der Waals surface area contributed by atoms with Crippen molar-refractivity contribution in [1.29, 1.82) is 0 Å². The molecule has 0 fully saturated rings. The molecule has 0 amide bonds. The van der Waals surface area contributed by atoms with E-state index in [1.54, 1.807) is 0 Å². The number of nitrogens with one attached hydrogen (secondary N) is 1. The van der Waals surface area contributed by atoms with Gasteiger partial charge in [0.1, 0.15) is 17.4 Å². The van der Waals surface area contributed by atoms with Gasteiger partial charge in [-0.15, -0.1) is 0 Å². The normalized spacial score (nSPS) is 17.2. The Balaban J connectivity index is 1.91. The van der Waals surface area contributed by atoms with Crippen molar-refractivity contribution in [1.82, 2.24) is 9.97 Å². The molecule has 1 atom stereocenters. The van der Waals surface area contributed by atoms with Crippen LogP contribution < -0.4 is 10.1 Å². The highest BCUT2D eigenvalue weighted by Crippen LogP contribution is 2.31. The molecule has 0 aliphatic carbocycles. The molecular formula is C16H19N3O. The first kappa shape index (κ1) is 12.9. The van der Waals surface area contributed by atoms with Crippen molar-refractivity contribution < 1.29 is 4.74 Å². The predicted octanol–water partition coefficient (Wildman–Crippen LogP) is 2.80. The van der Waals surface area contributed by atoms with Crippen LogP contribution in [0.2, 0.25) is 0 Å². The number of hydrogen-bond acceptors (Lipinski definition) is 4. The summed E-state index contributed by atoms with van der Waals surface area (Å²) in [5.74, 6) is 2.97. The van der Waals surface area contributed by atoms with Crippen molar-refractivity contribution in [3.05, 3.63) is 47.4 Å². The molecule has 1 aromatic carbocycles. The Kier molecular flexibility index (Phi) is 3.54. The van der Waals surface area contributed by atoms with Crippen LogP contribution in [0.5, 0.6) is 5.75 Å². The lowest BCUT2D eigenvalue weighted by molar-refractivity contribution is 0.257. The average Bonchev–Trinajstić information content (AvgIpc) is 2.53. The maximum absolute atomic E-state index is 5.84. The Morgan fingerprint density at radius 3 is 2.95 bits per heavy atom. The van der Waals surface area contributed by atoms with Crippen LogP contribution >= 0.6 is 0 Å². The van der Waals surface area contributed by atoms with Gasteiger partial charge in [-0.05, 0) is 24.5 Å². The van der Waals surface area contributed by atoms with Crippen LogP contribution in [0.1, 0.15) is 29.9 Å². The van der Waals surface area contributed by atoms with E-state index < -0.39 is 0 Å². The second-order valence-corrected chi connectivity index (χ2v) is 5.03. The van der Waals surface area contributed by atoms with Crippen LogP contribution in [-0.4, -0.2) is 23.6 Å². The molecule has 2 heterocycles. The zero-order valence-corrected chi connectivity index (χ0v) is 11.9. The molecule has 1 aliphatic heterocycles. The summed E-state index contributed by atoms with van der Waals surface area (Å²) in [6, 6.07) is 10.2. The molecule has 0 radical (unpaired) electrons. The van der Waals surface area contributed by atoms with Crippen LogP contribution in [0.25, 0.3) is 0 Å². The fraction of sp³-hybridized carbons (Fsp3) is 0.375. The molecule has 20 heavy (non-hydrogen) atoms. The van der Waals surface area contributed by atoms with Crippen LogP contribution in [0.15, 0.2) is 30.3 Å². The number of anilines is 1. The zero-order valence-electron chi connectivity index (χ0n) is 11.9. The molecule has 1 N–H and O–H groups in total. The summed E-state index contributed by atoms with van der Waals surface area (Å²) in [4.78, 5) is 9.26. The van der Waals surface area contributed by atoms with Crippen LogP contribution in [0.4, 0.5) is 5.82 Å². The summed E-state index contributed by atoms with van der Waals surface area (Å²) in [5, 5.41) is 3.11. The van der Waals surface area contributed by atoms with Gasteiger partial charge in [0, 0.05) is 18.8 Å². The van der Waals surface area contributed by atoms with E-state index in [0.29, 0.717) is 6.61 Å². The molecule has 1 unspecified atom stereocenters. The van der Waals surface area contributed by atoms with Crippen molar-refractivity contribution in [2.24, 2.45) is 0 Å². The van der Waals surface area contributed by atoms with Crippen molar-refractivity contribution in [2.45, 2.75) is 25.7 Å². The van der Waals surface area contributed by atoms with Crippen molar-refractivity contribution in [2.75, 3.05) is 19.0 Å². The highest BCUT2D eigenvalue weighted by Gasteiger charge is 2.23. The van der Waals surface area contributed by atoms with Gasteiger partial charge in [0.25, 0.3) is 0 Å². The number of fused-ring (bicyclic) bond motifs is 1. The number of aromatic nitrogens is 2. The van der Waals surface area contributed by atoms with E-state index in [9.17, 15) is 0 Å². The quantitative estimate of drug-likeness (QED) is 0.930. The Bertz CT molecular complexity index is 590. The Morgan fingerprint density at radius 2 is 2.15 bits per heavy atom. The molecular weight excluding hydrogens is 250 g/mol. The molecule has 4 heteroatoms. The van der Waals surface area contributed by atoms with Crippen molar-refractivity contribution in [3.8, 4) is 5.75 Å². The fourth-order valence-corrected chi connectivity index (χ4v) is 2.50. The third-order valence-electron chi connectivity index (χ3n) is 3.66. The van der Waals surface area contributed by atoms with Gasteiger partial charge in [0.05, 0.1) is 12.5 Å². The Labute approximate surface area is 119 Å². The molecule has 1 aromatic heterocycles. The van der Waals surface area contributed by atoms with Gasteiger partial charge in [-0.3, -0.25) is 0 Å². The van der Waals surface area contributed by atoms with E-state index in [1.807, 2.05) is 31.3 Å². The number of hydrogen-bond donors (Lipinski definition) is 1. The fourth-order valence-electron chi connectivity index (χ4n) is 2.50. The number of para-hydroxylation sites is 1. The van der Waals surface area contributed by atoms with Gasteiger partial charge in [-0.1, -0.05) is 25.1 Å². The van der Waals surface area contributed by atoms with Gasteiger partial charge in [-0.25, -0.2) is 9.97 Å². The molecule has 0 saturated heterocycles. The third-order valence-corrected chi connectivity index (χ3v) is 3.66. The zero-order chi connectivity index (χ0) is 13.9. The monoisotopic (exact) mass is 269 g/mol. The van der Waals surface area contributed by atoms with E-state index in [2.05, 4.69) is 28.3 Å². The smallest absolute Gasteiger partial charge is 0.137 e. The molecule has 0 bridgehead atoms. The molecule has 0 saturated carbocycles. The molecule has 3 rings (SSSR count). The lowest BCUT2D eigenvalue weighted by atomic mass is 9.96. The van der Waals surface area contributed by atoms with Crippen LogP contribution in [0.3, 0.4) is 0 Å². The van der Waals surface area contributed by atoms with Gasteiger partial charge >= 0.3 is 0 Å². The summed E-state index contributed by atoms with van der Waals surface area (Å²) in [6.45, 7) is 2.76. The van der Waals surface area contributed by atoms with Gasteiger partial charge < -0.3 is 10.1 Å². The van der Waals surface area contributed by atoms with Crippen molar-refractivity contribution in [3.63, 3.8) is 0 Å². The molecule has 104 valence electrons. The Morgan fingerprint density at radius 1 is 1.30 bits per heavy atom. The van der Waals surface area contributed by atoms with Gasteiger partial charge in [-0.2, -0.15) is 0 Å². The number of ether oxygens (including phenoxy) is 1. The summed E-state index contributed by atoms with van der Waals surface area (Å²) in [6.07, 6.45) is 1.85. The van der Waals surface area contributed by atoms with Crippen molar-refractivity contribution >= 4 is 5.82 Å². The molecule has 0 spiro atoms. The number of nitrogens with zero attached hydrogens (tertiary/aromatic N) is 2. The average molecular weight is 269 g/mol. The predicted molar refractivity (Wildman–Crippen MR) is 79.3 cm³/mol. The molecule has 4 nitrogen and oxygen atoms in total. The summed E-state index contributed by atoms with van der Waals surface area (Å²) >= 11 is 0. The second kappa shape index (κ2) is 5.49. The first-order chi connectivity index (χ1) is 9.80. The van der Waals surface area contributed by atoms with Gasteiger partial charge in [0.15, 0.2) is 0 Å². The number of rotatable bonds is 3. The number of benzene rings is 1. The lowest BCUT2D eigenvalue weighted by Gasteiger charge is -2.24. The summed E-state index contributed by atoms with van der Waals surface area (Å²) in [5.41, 5.74) is 2.30.